The molecule has 0 unspecified atom stereocenters. The summed E-state index contributed by atoms with van der Waals surface area (Å²) >= 11 is 6.18. The van der Waals surface area contributed by atoms with E-state index in [1.165, 1.54) is 11.1 Å². The molecule has 0 saturated heterocycles. The van der Waals surface area contributed by atoms with Crippen molar-refractivity contribution in [3.8, 4) is 5.75 Å². The molecule has 2 aromatic rings. The molecule has 0 saturated carbocycles. The van der Waals surface area contributed by atoms with Crippen molar-refractivity contribution in [2.45, 2.75) is 58.9 Å². The number of hydrogen-bond donors (Lipinski definition) is 1. The first kappa shape index (κ1) is 20.8. The Hall–Kier alpha value is -1.51. The van der Waals surface area contributed by atoms with E-state index < -0.39 is 0 Å². The highest BCUT2D eigenvalue weighted by atomic mass is 35.5. The molecule has 2 aromatic carbocycles. The summed E-state index contributed by atoms with van der Waals surface area (Å²) in [5.41, 5.74) is 3.89. The van der Waals surface area contributed by atoms with E-state index in [4.69, 9.17) is 16.3 Å². The van der Waals surface area contributed by atoms with Crippen molar-refractivity contribution >= 4 is 11.6 Å². The lowest BCUT2D eigenvalue weighted by Crippen LogP contribution is -2.22. The molecule has 2 rings (SSSR count). The van der Waals surface area contributed by atoms with Gasteiger partial charge in [0.15, 0.2) is 0 Å². The topological polar surface area (TPSA) is 21.3 Å². The van der Waals surface area contributed by atoms with Crippen LogP contribution >= 0.6 is 11.6 Å². The predicted octanol–water partition coefficient (Wildman–Crippen LogP) is 6.10. The van der Waals surface area contributed by atoms with E-state index in [1.807, 2.05) is 24.3 Å². The van der Waals surface area contributed by atoms with E-state index in [2.05, 4.69) is 65.1 Å². The Morgan fingerprint density at radius 1 is 0.923 bits per heavy atom. The average Bonchev–Trinajstić information content (AvgIpc) is 2.54. The van der Waals surface area contributed by atoms with Gasteiger partial charge in [-0.15, -0.1) is 0 Å². The highest BCUT2D eigenvalue weighted by Gasteiger charge is 2.22. The van der Waals surface area contributed by atoms with Gasteiger partial charge >= 0.3 is 0 Å². The Labute approximate surface area is 163 Å². The van der Waals surface area contributed by atoms with Crippen molar-refractivity contribution in [2.75, 3.05) is 13.2 Å². The summed E-state index contributed by atoms with van der Waals surface area (Å²) in [7, 11) is 0. The summed E-state index contributed by atoms with van der Waals surface area (Å²) in [6.07, 6.45) is 0. The van der Waals surface area contributed by atoms with Crippen LogP contribution in [0.3, 0.4) is 0 Å². The standard InChI is InChI=1S/C23H32ClNO/c1-22(2,3)18-11-12-21(19(15-18)23(4,5)6)26-14-13-25-16-17-9-7-8-10-20(17)24/h7-12,15,25H,13-14,16H2,1-6H3. The number of nitrogens with one attached hydrogen (secondary N) is 1. The van der Waals surface area contributed by atoms with Gasteiger partial charge in [-0.2, -0.15) is 0 Å². The van der Waals surface area contributed by atoms with Crippen LogP contribution in [0.15, 0.2) is 42.5 Å². The van der Waals surface area contributed by atoms with Gasteiger partial charge in [0.05, 0.1) is 0 Å². The lowest BCUT2D eigenvalue weighted by Gasteiger charge is -2.27. The average molecular weight is 374 g/mol. The second-order valence-corrected chi connectivity index (χ2v) is 9.23. The number of rotatable bonds is 6. The van der Waals surface area contributed by atoms with Crippen molar-refractivity contribution in [3.05, 3.63) is 64.2 Å². The Bertz CT molecular complexity index is 726. The first-order chi connectivity index (χ1) is 12.1. The zero-order chi connectivity index (χ0) is 19.4. The van der Waals surface area contributed by atoms with E-state index in [0.717, 1.165) is 29.4 Å². The van der Waals surface area contributed by atoms with Crippen molar-refractivity contribution in [1.82, 2.24) is 5.32 Å². The number of hydrogen-bond acceptors (Lipinski definition) is 2. The molecule has 0 atom stereocenters. The fourth-order valence-electron chi connectivity index (χ4n) is 2.81. The van der Waals surface area contributed by atoms with Gasteiger partial charge in [0.2, 0.25) is 0 Å². The van der Waals surface area contributed by atoms with Crippen LogP contribution in [0, 0.1) is 0 Å². The maximum Gasteiger partial charge on any atom is 0.123 e. The third-order valence-electron chi connectivity index (χ3n) is 4.46. The molecule has 26 heavy (non-hydrogen) atoms. The van der Waals surface area contributed by atoms with E-state index in [1.54, 1.807) is 0 Å². The molecule has 1 N–H and O–H groups in total. The Balaban J connectivity index is 1.97. The van der Waals surface area contributed by atoms with Crippen molar-refractivity contribution in [1.29, 1.82) is 0 Å². The van der Waals surface area contributed by atoms with E-state index in [0.29, 0.717) is 6.61 Å². The molecule has 3 heteroatoms. The Morgan fingerprint density at radius 2 is 1.62 bits per heavy atom. The fraction of sp³-hybridized carbons (Fsp3) is 0.478. The van der Waals surface area contributed by atoms with Crippen LogP contribution in [-0.2, 0) is 17.4 Å². The highest BCUT2D eigenvalue weighted by Crippen LogP contribution is 2.35. The molecule has 0 amide bonds. The monoisotopic (exact) mass is 373 g/mol. The maximum absolute atomic E-state index is 6.18. The van der Waals surface area contributed by atoms with Crippen LogP contribution in [0.2, 0.25) is 5.02 Å². The van der Waals surface area contributed by atoms with Gasteiger partial charge in [0.25, 0.3) is 0 Å². The van der Waals surface area contributed by atoms with Gasteiger partial charge in [-0.1, -0.05) is 83.5 Å². The van der Waals surface area contributed by atoms with Gasteiger partial charge < -0.3 is 10.1 Å². The second-order valence-electron chi connectivity index (χ2n) is 8.83. The van der Waals surface area contributed by atoms with Crippen molar-refractivity contribution in [3.63, 3.8) is 0 Å². The normalized spacial score (nSPS) is 12.3. The third kappa shape index (κ3) is 5.75. The summed E-state index contributed by atoms with van der Waals surface area (Å²) in [5, 5.41) is 4.20. The summed E-state index contributed by atoms with van der Waals surface area (Å²) in [5.74, 6) is 0.977. The molecule has 0 radical (unpaired) electrons. The van der Waals surface area contributed by atoms with Gasteiger partial charge in [-0.3, -0.25) is 0 Å². The molecular weight excluding hydrogens is 342 g/mol. The molecule has 0 aliphatic rings. The first-order valence-electron chi connectivity index (χ1n) is 9.31. The predicted molar refractivity (Wildman–Crippen MR) is 112 cm³/mol. The Morgan fingerprint density at radius 3 is 2.23 bits per heavy atom. The molecule has 0 fully saturated rings. The van der Waals surface area contributed by atoms with Crippen molar-refractivity contribution in [2.24, 2.45) is 0 Å². The number of ether oxygens (including phenoxy) is 1. The summed E-state index contributed by atoms with van der Waals surface area (Å²) in [6.45, 7) is 15.6. The minimum absolute atomic E-state index is 0.0432. The first-order valence-corrected chi connectivity index (χ1v) is 9.69. The fourth-order valence-corrected chi connectivity index (χ4v) is 3.01. The minimum Gasteiger partial charge on any atom is -0.492 e. The summed E-state index contributed by atoms with van der Waals surface area (Å²) in [6, 6.07) is 14.5. The van der Waals surface area contributed by atoms with Crippen LogP contribution in [0.25, 0.3) is 0 Å². The molecule has 0 aliphatic heterocycles. The van der Waals surface area contributed by atoms with E-state index in [9.17, 15) is 0 Å². The van der Waals surface area contributed by atoms with Crippen LogP contribution in [0.4, 0.5) is 0 Å². The molecule has 0 heterocycles. The lowest BCUT2D eigenvalue weighted by atomic mass is 9.80. The zero-order valence-corrected chi connectivity index (χ0v) is 17.7. The van der Waals surface area contributed by atoms with Gasteiger partial charge in [0.1, 0.15) is 12.4 Å². The number of benzene rings is 2. The second kappa shape index (κ2) is 8.45. The maximum atomic E-state index is 6.18. The molecule has 0 aromatic heterocycles. The van der Waals surface area contributed by atoms with Crippen molar-refractivity contribution < 1.29 is 4.74 Å². The molecule has 142 valence electrons. The zero-order valence-electron chi connectivity index (χ0n) is 16.9. The highest BCUT2D eigenvalue weighted by molar-refractivity contribution is 6.31. The molecule has 0 aliphatic carbocycles. The minimum atomic E-state index is 0.0432. The van der Waals surface area contributed by atoms with Crippen LogP contribution in [-0.4, -0.2) is 13.2 Å². The number of halogens is 1. The summed E-state index contributed by atoms with van der Waals surface area (Å²) < 4.78 is 6.10. The quantitative estimate of drug-likeness (QED) is 0.617. The van der Waals surface area contributed by atoms with E-state index >= 15 is 0 Å². The smallest absolute Gasteiger partial charge is 0.123 e. The van der Waals surface area contributed by atoms with Crippen LogP contribution in [0.5, 0.6) is 5.75 Å². The Kier molecular flexibility index (Phi) is 6.76. The van der Waals surface area contributed by atoms with Gasteiger partial charge in [-0.25, -0.2) is 0 Å². The van der Waals surface area contributed by atoms with Crippen LogP contribution < -0.4 is 10.1 Å². The summed E-state index contributed by atoms with van der Waals surface area (Å²) in [4.78, 5) is 0. The third-order valence-corrected chi connectivity index (χ3v) is 4.83. The van der Waals surface area contributed by atoms with Crippen LogP contribution in [0.1, 0.15) is 58.2 Å². The van der Waals surface area contributed by atoms with E-state index in [-0.39, 0.29) is 10.8 Å². The molecular formula is C23H32ClNO. The largest absolute Gasteiger partial charge is 0.492 e. The molecule has 2 nitrogen and oxygen atoms in total. The van der Waals surface area contributed by atoms with Gasteiger partial charge in [-0.05, 0) is 39.7 Å². The molecule has 0 spiro atoms. The SMILES string of the molecule is CC(C)(C)c1ccc(OCCNCc2ccccc2Cl)c(C(C)(C)C)c1. The lowest BCUT2D eigenvalue weighted by molar-refractivity contribution is 0.305. The molecule has 0 bridgehead atoms. The van der Waals surface area contributed by atoms with Gasteiger partial charge in [0, 0.05) is 18.1 Å².